The summed E-state index contributed by atoms with van der Waals surface area (Å²) in [5, 5.41) is 2.83. The van der Waals surface area contributed by atoms with E-state index in [1.54, 1.807) is 19.1 Å². The Labute approximate surface area is 144 Å². The third-order valence-electron chi connectivity index (χ3n) is 3.19. The Morgan fingerprint density at radius 2 is 1.91 bits per heavy atom. The lowest BCUT2D eigenvalue weighted by Gasteiger charge is -2.16. The van der Waals surface area contributed by atoms with Gasteiger partial charge in [-0.15, -0.1) is 0 Å². The molecule has 0 spiro atoms. The lowest BCUT2D eigenvalue weighted by atomic mass is 10.2. The van der Waals surface area contributed by atoms with E-state index in [9.17, 15) is 4.79 Å². The fraction of sp³-hybridized carbons (Fsp3) is 0.278. The van der Waals surface area contributed by atoms with E-state index in [2.05, 4.69) is 21.2 Å². The van der Waals surface area contributed by atoms with Crippen molar-refractivity contribution >= 4 is 27.5 Å². The number of halogens is 1. The smallest absolute Gasteiger partial charge is 0.265 e. The quantitative estimate of drug-likeness (QED) is 0.802. The Hall–Kier alpha value is -2.01. The third kappa shape index (κ3) is 4.99. The molecule has 0 aliphatic carbocycles. The van der Waals surface area contributed by atoms with Gasteiger partial charge in [-0.05, 0) is 78.7 Å². The molecule has 23 heavy (non-hydrogen) atoms. The van der Waals surface area contributed by atoms with Gasteiger partial charge in [0.15, 0.2) is 6.10 Å². The summed E-state index contributed by atoms with van der Waals surface area (Å²) in [6.45, 7) is 6.26. The number of ether oxygens (including phenoxy) is 2. The van der Waals surface area contributed by atoms with Gasteiger partial charge in [0.1, 0.15) is 11.5 Å². The lowest BCUT2D eigenvalue weighted by Crippen LogP contribution is -2.30. The van der Waals surface area contributed by atoms with Crippen LogP contribution in [0, 0.1) is 6.92 Å². The summed E-state index contributed by atoms with van der Waals surface area (Å²) < 4.78 is 11.9. The molecule has 0 radical (unpaired) electrons. The standard InChI is InChI=1S/C18H20BrNO3/c1-4-22-15-8-6-14(7-9-15)20-18(21)13(3)23-17-10-5-12(2)11-16(17)19/h5-11,13H,4H2,1-3H3,(H,20,21)/t13-/m1/s1. The molecule has 2 aromatic rings. The highest BCUT2D eigenvalue weighted by Crippen LogP contribution is 2.27. The average Bonchev–Trinajstić information content (AvgIpc) is 2.52. The zero-order valence-electron chi connectivity index (χ0n) is 13.4. The monoisotopic (exact) mass is 377 g/mol. The Balaban J connectivity index is 1.96. The van der Waals surface area contributed by atoms with E-state index < -0.39 is 6.10 Å². The number of anilines is 1. The van der Waals surface area contributed by atoms with Crippen LogP contribution in [-0.2, 0) is 4.79 Å². The largest absolute Gasteiger partial charge is 0.494 e. The number of hydrogen-bond acceptors (Lipinski definition) is 3. The normalized spacial score (nSPS) is 11.7. The highest BCUT2D eigenvalue weighted by molar-refractivity contribution is 9.10. The van der Waals surface area contributed by atoms with Gasteiger partial charge in [0.2, 0.25) is 0 Å². The number of aryl methyl sites for hydroxylation is 1. The van der Waals surface area contributed by atoms with Gasteiger partial charge in [0.25, 0.3) is 5.91 Å². The van der Waals surface area contributed by atoms with E-state index in [0.717, 1.165) is 15.8 Å². The van der Waals surface area contributed by atoms with E-state index >= 15 is 0 Å². The molecule has 0 aliphatic rings. The number of carbonyl (C=O) groups excluding carboxylic acids is 1. The summed E-state index contributed by atoms with van der Waals surface area (Å²) in [6, 6.07) is 13.0. The molecule has 0 aliphatic heterocycles. The summed E-state index contributed by atoms with van der Waals surface area (Å²) >= 11 is 3.44. The molecule has 2 rings (SSSR count). The molecule has 0 fully saturated rings. The van der Waals surface area contributed by atoms with E-state index in [1.807, 2.05) is 44.2 Å². The van der Waals surface area contributed by atoms with Crippen LogP contribution < -0.4 is 14.8 Å². The number of nitrogens with one attached hydrogen (secondary N) is 1. The summed E-state index contributed by atoms with van der Waals surface area (Å²) in [4.78, 5) is 12.2. The topological polar surface area (TPSA) is 47.6 Å². The molecule has 0 saturated heterocycles. The first kappa shape index (κ1) is 17.3. The van der Waals surface area contributed by atoms with Gasteiger partial charge in [0.05, 0.1) is 11.1 Å². The number of hydrogen-bond donors (Lipinski definition) is 1. The summed E-state index contributed by atoms with van der Waals surface area (Å²) in [7, 11) is 0. The maximum Gasteiger partial charge on any atom is 0.265 e. The van der Waals surface area contributed by atoms with Gasteiger partial charge in [-0.25, -0.2) is 0 Å². The van der Waals surface area contributed by atoms with E-state index in [1.165, 1.54) is 0 Å². The van der Waals surface area contributed by atoms with Crippen molar-refractivity contribution in [2.45, 2.75) is 26.9 Å². The van der Waals surface area contributed by atoms with E-state index in [0.29, 0.717) is 18.0 Å². The van der Waals surface area contributed by atoms with Crippen molar-refractivity contribution in [1.82, 2.24) is 0 Å². The summed E-state index contributed by atoms with van der Waals surface area (Å²) in [5.74, 6) is 1.21. The second kappa shape index (κ2) is 8.02. The highest BCUT2D eigenvalue weighted by Gasteiger charge is 2.16. The molecule has 0 saturated carbocycles. The van der Waals surface area contributed by atoms with Crippen LogP contribution in [0.3, 0.4) is 0 Å². The first-order valence-corrected chi connectivity index (χ1v) is 8.25. The molecule has 1 amide bonds. The van der Waals surface area contributed by atoms with Gasteiger partial charge in [-0.1, -0.05) is 6.07 Å². The Morgan fingerprint density at radius 1 is 1.22 bits per heavy atom. The van der Waals surface area contributed by atoms with Crippen LogP contribution in [0.5, 0.6) is 11.5 Å². The van der Waals surface area contributed by atoms with Crippen molar-refractivity contribution in [3.05, 3.63) is 52.5 Å². The number of benzene rings is 2. The van der Waals surface area contributed by atoms with Crippen molar-refractivity contribution in [3.63, 3.8) is 0 Å². The van der Waals surface area contributed by atoms with Crippen LogP contribution in [0.1, 0.15) is 19.4 Å². The Bertz CT molecular complexity index is 670. The van der Waals surface area contributed by atoms with Crippen molar-refractivity contribution in [2.24, 2.45) is 0 Å². The molecule has 0 unspecified atom stereocenters. The molecular weight excluding hydrogens is 358 g/mol. The van der Waals surface area contributed by atoms with Crippen LogP contribution in [0.4, 0.5) is 5.69 Å². The van der Waals surface area contributed by atoms with Gasteiger partial charge < -0.3 is 14.8 Å². The molecule has 0 heterocycles. The summed E-state index contributed by atoms with van der Waals surface area (Å²) in [5.41, 5.74) is 1.83. The first-order chi connectivity index (χ1) is 11.0. The number of rotatable bonds is 6. The van der Waals surface area contributed by atoms with Crippen molar-refractivity contribution in [1.29, 1.82) is 0 Å². The molecule has 5 heteroatoms. The molecule has 1 atom stereocenters. The minimum atomic E-state index is -0.611. The van der Waals surface area contributed by atoms with Crippen LogP contribution in [-0.4, -0.2) is 18.6 Å². The molecule has 0 aromatic heterocycles. The predicted octanol–water partition coefficient (Wildman–Crippen LogP) is 4.56. The van der Waals surface area contributed by atoms with Crippen molar-refractivity contribution in [3.8, 4) is 11.5 Å². The van der Waals surface area contributed by atoms with Crippen molar-refractivity contribution in [2.75, 3.05) is 11.9 Å². The third-order valence-corrected chi connectivity index (χ3v) is 3.81. The minimum absolute atomic E-state index is 0.207. The predicted molar refractivity (Wildman–Crippen MR) is 95.2 cm³/mol. The highest BCUT2D eigenvalue weighted by atomic mass is 79.9. The number of amides is 1. The van der Waals surface area contributed by atoms with Crippen molar-refractivity contribution < 1.29 is 14.3 Å². The maximum atomic E-state index is 12.2. The second-order valence-corrected chi connectivity index (χ2v) is 5.99. The van der Waals surface area contributed by atoms with Crippen LogP contribution in [0.2, 0.25) is 0 Å². The van der Waals surface area contributed by atoms with Gasteiger partial charge in [-0.2, -0.15) is 0 Å². The van der Waals surface area contributed by atoms with Gasteiger partial charge in [0, 0.05) is 5.69 Å². The van der Waals surface area contributed by atoms with Gasteiger partial charge >= 0.3 is 0 Å². The van der Waals surface area contributed by atoms with E-state index in [-0.39, 0.29) is 5.91 Å². The number of carbonyl (C=O) groups is 1. The zero-order valence-corrected chi connectivity index (χ0v) is 15.0. The van der Waals surface area contributed by atoms with Crippen LogP contribution >= 0.6 is 15.9 Å². The Morgan fingerprint density at radius 3 is 2.52 bits per heavy atom. The molecule has 4 nitrogen and oxygen atoms in total. The molecule has 2 aromatic carbocycles. The first-order valence-electron chi connectivity index (χ1n) is 7.46. The van der Waals surface area contributed by atoms with Crippen LogP contribution in [0.15, 0.2) is 46.9 Å². The SMILES string of the molecule is CCOc1ccc(NC(=O)[C@@H](C)Oc2ccc(C)cc2Br)cc1. The molecular formula is C18H20BrNO3. The average molecular weight is 378 g/mol. The maximum absolute atomic E-state index is 12.2. The minimum Gasteiger partial charge on any atom is -0.494 e. The molecule has 0 bridgehead atoms. The summed E-state index contributed by atoms with van der Waals surface area (Å²) in [6.07, 6.45) is -0.611. The Kier molecular flexibility index (Phi) is 6.04. The molecule has 1 N–H and O–H groups in total. The van der Waals surface area contributed by atoms with Crippen LogP contribution in [0.25, 0.3) is 0 Å². The molecule has 122 valence electrons. The van der Waals surface area contributed by atoms with Gasteiger partial charge in [-0.3, -0.25) is 4.79 Å². The van der Waals surface area contributed by atoms with E-state index in [4.69, 9.17) is 9.47 Å². The lowest BCUT2D eigenvalue weighted by molar-refractivity contribution is -0.122. The zero-order chi connectivity index (χ0) is 16.8. The second-order valence-electron chi connectivity index (χ2n) is 5.14. The fourth-order valence-corrected chi connectivity index (χ4v) is 2.58. The fourth-order valence-electron chi connectivity index (χ4n) is 1.99.